The van der Waals surface area contributed by atoms with E-state index in [-0.39, 0.29) is 12.6 Å². The zero-order chi connectivity index (χ0) is 9.68. The molecule has 0 fully saturated rings. The summed E-state index contributed by atoms with van der Waals surface area (Å²) in [5.41, 5.74) is 0.875. The summed E-state index contributed by atoms with van der Waals surface area (Å²) in [6.45, 7) is 1.65. The molecule has 0 saturated heterocycles. The summed E-state index contributed by atoms with van der Waals surface area (Å²) >= 11 is 0. The molecule has 1 aromatic rings. The Morgan fingerprint density at radius 1 is 1.38 bits per heavy atom. The molecule has 0 N–H and O–H groups in total. The lowest BCUT2D eigenvalue weighted by molar-refractivity contribution is -0.142. The van der Waals surface area contributed by atoms with Crippen molar-refractivity contribution < 1.29 is 14.3 Å². The molecule has 0 heterocycles. The summed E-state index contributed by atoms with van der Waals surface area (Å²) in [6.07, 6.45) is 0. The second kappa shape index (κ2) is 4.50. The predicted molar refractivity (Wildman–Crippen MR) is 48.5 cm³/mol. The van der Waals surface area contributed by atoms with E-state index < -0.39 is 0 Å². The number of benzene rings is 1. The van der Waals surface area contributed by atoms with E-state index in [2.05, 4.69) is 0 Å². The molecule has 0 atom stereocenters. The van der Waals surface area contributed by atoms with Crippen LogP contribution in [0.15, 0.2) is 24.3 Å². The number of hydrogen-bond donors (Lipinski definition) is 0. The van der Waals surface area contributed by atoms with Gasteiger partial charge in [-0.1, -0.05) is 18.2 Å². The van der Waals surface area contributed by atoms with Crippen LogP contribution in [0.3, 0.4) is 0 Å². The highest BCUT2D eigenvalue weighted by molar-refractivity contribution is 5.66. The van der Waals surface area contributed by atoms with E-state index in [4.69, 9.17) is 9.47 Å². The zero-order valence-electron chi connectivity index (χ0n) is 7.74. The Hall–Kier alpha value is -1.51. The Bertz CT molecular complexity index is 294. The van der Waals surface area contributed by atoms with Gasteiger partial charge >= 0.3 is 5.97 Å². The van der Waals surface area contributed by atoms with Crippen LogP contribution >= 0.6 is 0 Å². The smallest absolute Gasteiger partial charge is 0.302 e. The maximum absolute atomic E-state index is 10.6. The molecule has 13 heavy (non-hydrogen) atoms. The molecule has 3 heteroatoms. The van der Waals surface area contributed by atoms with E-state index in [1.165, 1.54) is 6.92 Å². The molecule has 1 aromatic carbocycles. The normalized spacial score (nSPS) is 9.38. The third-order valence-electron chi connectivity index (χ3n) is 1.62. The Kier molecular flexibility index (Phi) is 3.31. The first-order chi connectivity index (χ1) is 6.24. The van der Waals surface area contributed by atoms with Gasteiger partial charge in [-0.25, -0.2) is 0 Å². The molecule has 0 aliphatic heterocycles. The van der Waals surface area contributed by atoms with Crippen molar-refractivity contribution in [3.63, 3.8) is 0 Å². The van der Waals surface area contributed by atoms with Gasteiger partial charge in [0.15, 0.2) is 0 Å². The molecule has 0 radical (unpaired) electrons. The highest BCUT2D eigenvalue weighted by atomic mass is 16.5. The fraction of sp³-hybridized carbons (Fsp3) is 0.300. The summed E-state index contributed by atoms with van der Waals surface area (Å²) in [4.78, 5) is 10.6. The number of carbonyl (C=O) groups excluding carboxylic acids is 1. The van der Waals surface area contributed by atoms with Crippen molar-refractivity contribution in [3.05, 3.63) is 29.8 Å². The lowest BCUT2D eigenvalue weighted by Gasteiger charge is -2.07. The van der Waals surface area contributed by atoms with E-state index in [9.17, 15) is 4.79 Å². The standard InChI is InChI=1S/C10H12O3/c1-8(11)13-7-9-5-3-4-6-10(9)12-2/h3-6H,7H2,1-2H3. The van der Waals surface area contributed by atoms with Crippen LogP contribution < -0.4 is 4.74 Å². The van der Waals surface area contributed by atoms with Gasteiger partial charge < -0.3 is 9.47 Å². The second-order valence-electron chi connectivity index (χ2n) is 2.59. The van der Waals surface area contributed by atoms with Crippen LogP contribution in [-0.4, -0.2) is 13.1 Å². The van der Waals surface area contributed by atoms with Gasteiger partial charge in [0.05, 0.1) is 7.11 Å². The van der Waals surface area contributed by atoms with Crippen molar-refractivity contribution in [2.45, 2.75) is 13.5 Å². The number of hydrogen-bond acceptors (Lipinski definition) is 3. The molecule has 0 aliphatic carbocycles. The number of para-hydroxylation sites is 1. The van der Waals surface area contributed by atoms with E-state index in [1.54, 1.807) is 7.11 Å². The zero-order valence-corrected chi connectivity index (χ0v) is 7.74. The van der Waals surface area contributed by atoms with Gasteiger partial charge in [0.2, 0.25) is 0 Å². The van der Waals surface area contributed by atoms with E-state index in [1.807, 2.05) is 24.3 Å². The van der Waals surface area contributed by atoms with Crippen LogP contribution in [0.2, 0.25) is 0 Å². The van der Waals surface area contributed by atoms with Crippen molar-refractivity contribution in [2.24, 2.45) is 0 Å². The van der Waals surface area contributed by atoms with Crippen LogP contribution in [0, 0.1) is 0 Å². The quantitative estimate of drug-likeness (QED) is 0.665. The maximum Gasteiger partial charge on any atom is 0.302 e. The van der Waals surface area contributed by atoms with Gasteiger partial charge in [-0.15, -0.1) is 0 Å². The Labute approximate surface area is 77.3 Å². The lowest BCUT2D eigenvalue weighted by atomic mass is 10.2. The van der Waals surface area contributed by atoms with Crippen molar-refractivity contribution in [1.29, 1.82) is 0 Å². The molecule has 3 nitrogen and oxygen atoms in total. The van der Waals surface area contributed by atoms with Crippen LogP contribution in [0.25, 0.3) is 0 Å². The van der Waals surface area contributed by atoms with Gasteiger partial charge in [-0.3, -0.25) is 4.79 Å². The van der Waals surface area contributed by atoms with Gasteiger partial charge in [-0.05, 0) is 6.07 Å². The fourth-order valence-electron chi connectivity index (χ4n) is 1.00. The molecule has 1 rings (SSSR count). The summed E-state index contributed by atoms with van der Waals surface area (Å²) in [6, 6.07) is 7.44. The lowest BCUT2D eigenvalue weighted by Crippen LogP contribution is -2.00. The first-order valence-electron chi connectivity index (χ1n) is 3.99. The summed E-state index contributed by atoms with van der Waals surface area (Å²) in [5, 5.41) is 0. The molecule has 0 aromatic heterocycles. The fourth-order valence-corrected chi connectivity index (χ4v) is 1.00. The van der Waals surface area contributed by atoms with E-state index in [0.29, 0.717) is 0 Å². The molecule has 0 saturated carbocycles. The van der Waals surface area contributed by atoms with E-state index >= 15 is 0 Å². The summed E-state index contributed by atoms with van der Waals surface area (Å²) in [5.74, 6) is 0.453. The molecular weight excluding hydrogens is 168 g/mol. The average Bonchev–Trinajstić information content (AvgIpc) is 2.15. The molecule has 0 unspecified atom stereocenters. The average molecular weight is 180 g/mol. The number of ether oxygens (including phenoxy) is 2. The minimum atomic E-state index is -0.286. The first kappa shape index (κ1) is 9.58. The van der Waals surface area contributed by atoms with Crippen molar-refractivity contribution in [2.75, 3.05) is 7.11 Å². The molecular formula is C10H12O3. The number of rotatable bonds is 3. The Morgan fingerprint density at radius 2 is 2.08 bits per heavy atom. The Balaban J connectivity index is 2.69. The van der Waals surface area contributed by atoms with E-state index in [0.717, 1.165) is 11.3 Å². The molecule has 70 valence electrons. The second-order valence-corrected chi connectivity index (χ2v) is 2.59. The first-order valence-corrected chi connectivity index (χ1v) is 3.99. The van der Waals surface area contributed by atoms with Crippen LogP contribution in [0.1, 0.15) is 12.5 Å². The third-order valence-corrected chi connectivity index (χ3v) is 1.62. The van der Waals surface area contributed by atoms with Crippen LogP contribution in [0.5, 0.6) is 5.75 Å². The van der Waals surface area contributed by atoms with Gasteiger partial charge in [-0.2, -0.15) is 0 Å². The van der Waals surface area contributed by atoms with Gasteiger partial charge in [0.25, 0.3) is 0 Å². The SMILES string of the molecule is COc1ccccc1COC(C)=O. The summed E-state index contributed by atoms with van der Waals surface area (Å²) < 4.78 is 9.94. The number of esters is 1. The van der Waals surface area contributed by atoms with Gasteiger partial charge in [0, 0.05) is 12.5 Å². The molecule has 0 bridgehead atoms. The van der Waals surface area contributed by atoms with Gasteiger partial charge in [0.1, 0.15) is 12.4 Å². The highest BCUT2D eigenvalue weighted by Crippen LogP contribution is 2.17. The topological polar surface area (TPSA) is 35.5 Å². The van der Waals surface area contributed by atoms with Crippen LogP contribution in [0.4, 0.5) is 0 Å². The molecule has 0 aliphatic rings. The molecule has 0 amide bonds. The highest BCUT2D eigenvalue weighted by Gasteiger charge is 2.02. The maximum atomic E-state index is 10.6. The van der Waals surface area contributed by atoms with Crippen LogP contribution in [-0.2, 0) is 16.1 Å². The minimum Gasteiger partial charge on any atom is -0.496 e. The van der Waals surface area contributed by atoms with Crippen molar-refractivity contribution in [3.8, 4) is 5.75 Å². The third kappa shape index (κ3) is 2.78. The predicted octanol–water partition coefficient (Wildman–Crippen LogP) is 1.76. The number of carbonyl (C=O) groups is 1. The van der Waals surface area contributed by atoms with Crippen molar-refractivity contribution >= 4 is 5.97 Å². The number of methoxy groups -OCH3 is 1. The Morgan fingerprint density at radius 3 is 2.69 bits per heavy atom. The summed E-state index contributed by atoms with van der Waals surface area (Å²) in [7, 11) is 1.59. The van der Waals surface area contributed by atoms with Crippen molar-refractivity contribution in [1.82, 2.24) is 0 Å². The minimum absolute atomic E-state index is 0.263. The monoisotopic (exact) mass is 180 g/mol. The largest absolute Gasteiger partial charge is 0.496 e. The molecule has 0 spiro atoms.